The van der Waals surface area contributed by atoms with E-state index in [-0.39, 0.29) is 18.6 Å². The van der Waals surface area contributed by atoms with Crippen molar-refractivity contribution in [3.05, 3.63) is 23.5 Å². The van der Waals surface area contributed by atoms with Crippen LogP contribution < -0.4 is 0 Å². The van der Waals surface area contributed by atoms with E-state index in [2.05, 4.69) is 6.58 Å². The van der Waals surface area contributed by atoms with Crippen LogP contribution in [0.25, 0.3) is 0 Å². The highest BCUT2D eigenvalue weighted by atomic mass is 16.6. The zero-order valence-electron chi connectivity index (χ0n) is 20.8. The second kappa shape index (κ2) is 6.67. The van der Waals surface area contributed by atoms with Gasteiger partial charge in [0.25, 0.3) is 5.60 Å². The van der Waals surface area contributed by atoms with E-state index in [9.17, 15) is 29.1 Å². The van der Waals surface area contributed by atoms with Gasteiger partial charge in [0.05, 0.1) is 23.9 Å². The van der Waals surface area contributed by atoms with E-state index in [0.29, 0.717) is 17.6 Å². The van der Waals surface area contributed by atoms with Gasteiger partial charge in [0.15, 0.2) is 11.5 Å². The van der Waals surface area contributed by atoms with E-state index in [4.69, 9.17) is 9.47 Å². The summed E-state index contributed by atoms with van der Waals surface area (Å²) in [5.74, 6) is -5.69. The highest BCUT2D eigenvalue weighted by Gasteiger charge is 2.76. The molecule has 4 aliphatic rings. The number of hydrogen-bond acceptors (Lipinski definition) is 8. The second-order valence-electron chi connectivity index (χ2n) is 11.6. The molecule has 0 aromatic carbocycles. The Morgan fingerprint density at radius 1 is 1.09 bits per heavy atom. The van der Waals surface area contributed by atoms with Gasteiger partial charge >= 0.3 is 11.9 Å². The van der Waals surface area contributed by atoms with E-state index in [1.165, 1.54) is 13.8 Å². The molecule has 1 heterocycles. The molecule has 1 N–H and O–H groups in total. The molecule has 34 heavy (non-hydrogen) atoms. The molecule has 0 spiro atoms. The monoisotopic (exact) mass is 472 g/mol. The Morgan fingerprint density at radius 2 is 1.68 bits per heavy atom. The van der Waals surface area contributed by atoms with Crippen LogP contribution in [0.3, 0.4) is 0 Å². The molecule has 3 aliphatic carbocycles. The zero-order chi connectivity index (χ0) is 25.8. The summed E-state index contributed by atoms with van der Waals surface area (Å²) in [5.41, 5.74) is -6.32. The number of hydrogen-bond donors (Lipinski definition) is 1. The molecule has 184 valence electrons. The Balaban J connectivity index is 1.99. The average Bonchev–Trinajstić information content (AvgIpc) is 2.75. The molecule has 0 bridgehead atoms. The largest absolute Gasteiger partial charge is 0.504 e. The molecule has 0 unspecified atom stereocenters. The van der Waals surface area contributed by atoms with E-state index >= 15 is 0 Å². The number of aliphatic hydroxyl groups is 1. The van der Waals surface area contributed by atoms with Crippen LogP contribution in [0.5, 0.6) is 0 Å². The molecule has 8 nitrogen and oxygen atoms in total. The molecular weight excluding hydrogens is 440 g/mol. The van der Waals surface area contributed by atoms with Gasteiger partial charge in [-0.3, -0.25) is 19.2 Å². The lowest BCUT2D eigenvalue weighted by Crippen LogP contribution is -2.72. The summed E-state index contributed by atoms with van der Waals surface area (Å²) in [6, 6.07) is 0. The fraction of sp³-hybridized carbons (Fsp3) is 0.654. The van der Waals surface area contributed by atoms with Crippen molar-refractivity contribution in [3.63, 3.8) is 0 Å². The first-order chi connectivity index (χ1) is 15.5. The van der Waals surface area contributed by atoms with Crippen LogP contribution in [0.1, 0.15) is 60.8 Å². The van der Waals surface area contributed by atoms with Crippen molar-refractivity contribution >= 4 is 29.3 Å². The van der Waals surface area contributed by atoms with E-state index < -0.39 is 68.4 Å². The Labute approximate surface area is 198 Å². The summed E-state index contributed by atoms with van der Waals surface area (Å²) in [6.07, 6.45) is 0.865. The molecule has 0 radical (unpaired) electrons. The van der Waals surface area contributed by atoms with Gasteiger partial charge in [-0.25, -0.2) is 4.79 Å². The van der Waals surface area contributed by atoms with Gasteiger partial charge in [-0.1, -0.05) is 26.0 Å². The van der Waals surface area contributed by atoms with E-state index in [1.54, 1.807) is 20.8 Å². The molecule has 0 aromatic rings. The Kier molecular flexibility index (Phi) is 4.78. The summed E-state index contributed by atoms with van der Waals surface area (Å²) < 4.78 is 10.2. The number of esters is 2. The number of allylic oxidation sites excluding steroid dienone is 3. The third-order valence-corrected chi connectivity index (χ3v) is 9.58. The first kappa shape index (κ1) is 24.4. The van der Waals surface area contributed by atoms with Gasteiger partial charge in [-0.05, 0) is 57.4 Å². The first-order valence-electron chi connectivity index (χ1n) is 11.5. The highest BCUT2D eigenvalue weighted by molar-refractivity contribution is 6.17. The summed E-state index contributed by atoms with van der Waals surface area (Å²) in [6.45, 7) is 13.8. The highest BCUT2D eigenvalue weighted by Crippen LogP contribution is 2.70. The lowest BCUT2D eigenvalue weighted by molar-refractivity contribution is -0.213. The topological polar surface area (TPSA) is 124 Å². The molecule has 8 heteroatoms. The maximum atomic E-state index is 13.9. The van der Waals surface area contributed by atoms with Crippen LogP contribution >= 0.6 is 0 Å². The molecule has 3 fully saturated rings. The Hall–Kier alpha value is -2.77. The van der Waals surface area contributed by atoms with Crippen molar-refractivity contribution in [1.82, 2.24) is 0 Å². The number of fused-ring (bicyclic) bond motifs is 5. The average molecular weight is 473 g/mol. The number of carbonyl (C=O) groups excluding carboxylic acids is 5. The molecular formula is C26H32O8. The van der Waals surface area contributed by atoms with Crippen molar-refractivity contribution in [2.75, 3.05) is 7.11 Å². The van der Waals surface area contributed by atoms with Gasteiger partial charge in [-0.15, -0.1) is 0 Å². The van der Waals surface area contributed by atoms with Gasteiger partial charge < -0.3 is 14.6 Å². The van der Waals surface area contributed by atoms with E-state index in [0.717, 1.165) is 7.11 Å². The predicted octanol–water partition coefficient (Wildman–Crippen LogP) is 3.04. The fourth-order valence-electron chi connectivity index (χ4n) is 7.70. The van der Waals surface area contributed by atoms with Crippen LogP contribution in [0.2, 0.25) is 0 Å². The van der Waals surface area contributed by atoms with Crippen molar-refractivity contribution in [3.8, 4) is 0 Å². The van der Waals surface area contributed by atoms with Crippen molar-refractivity contribution < 1.29 is 38.6 Å². The van der Waals surface area contributed by atoms with Crippen LogP contribution in [0.15, 0.2) is 23.5 Å². The number of carbonyl (C=O) groups is 5. The predicted molar refractivity (Wildman–Crippen MR) is 119 cm³/mol. The summed E-state index contributed by atoms with van der Waals surface area (Å²) in [7, 11) is 1.10. The smallest absolute Gasteiger partial charge is 0.358 e. The summed E-state index contributed by atoms with van der Waals surface area (Å²) in [4.78, 5) is 66.6. The summed E-state index contributed by atoms with van der Waals surface area (Å²) in [5, 5.41) is 11.3. The zero-order valence-corrected chi connectivity index (χ0v) is 20.8. The Morgan fingerprint density at radius 3 is 2.24 bits per heavy atom. The van der Waals surface area contributed by atoms with Gasteiger partial charge in [-0.2, -0.15) is 0 Å². The molecule has 1 aliphatic heterocycles. The molecule has 1 saturated heterocycles. The summed E-state index contributed by atoms with van der Waals surface area (Å²) >= 11 is 0. The molecule has 4 rings (SSSR count). The number of ketones is 3. The molecule has 0 amide bonds. The standard InChI is InChI=1S/C26H32O8/c1-12-11-13-23(4)10-9-14(27)22(2,3)16(23)15(28)18(29)25(13,6)17-19(30)34-26(7,21(32)33-8)20(31)24(12,17)5/h13,17,28H,1,9-11H2,2-8H3/t13-,17-,23-,24+,25-,26-/m0/s1. The number of methoxy groups -OCH3 is 1. The maximum absolute atomic E-state index is 13.9. The van der Waals surface area contributed by atoms with Gasteiger partial charge in [0, 0.05) is 11.8 Å². The number of cyclic esters (lactones) is 1. The van der Waals surface area contributed by atoms with Crippen LogP contribution in [0.4, 0.5) is 0 Å². The van der Waals surface area contributed by atoms with Gasteiger partial charge in [0.1, 0.15) is 5.78 Å². The minimum Gasteiger partial charge on any atom is -0.504 e. The number of ether oxygens (including phenoxy) is 2. The third-order valence-electron chi connectivity index (χ3n) is 9.58. The second-order valence-corrected chi connectivity index (χ2v) is 11.6. The van der Waals surface area contributed by atoms with Crippen molar-refractivity contribution in [2.24, 2.45) is 33.5 Å². The number of aliphatic hydroxyl groups excluding tert-OH is 1. The van der Waals surface area contributed by atoms with Crippen LogP contribution in [-0.2, 0) is 33.4 Å². The third kappa shape index (κ3) is 2.41. The van der Waals surface area contributed by atoms with Crippen LogP contribution in [0, 0.1) is 33.5 Å². The quantitative estimate of drug-likeness (QED) is 0.351. The number of Topliss-reactive ketones (excluding diaryl/α,β-unsaturated/α-hetero) is 3. The van der Waals surface area contributed by atoms with Crippen molar-refractivity contribution in [1.29, 1.82) is 0 Å². The van der Waals surface area contributed by atoms with Crippen LogP contribution in [-0.4, -0.2) is 47.1 Å². The van der Waals surface area contributed by atoms with E-state index in [1.807, 2.05) is 6.92 Å². The minimum atomic E-state index is -2.17. The minimum absolute atomic E-state index is 0.0662. The lowest BCUT2D eigenvalue weighted by Gasteiger charge is -2.64. The molecule has 6 atom stereocenters. The fourth-order valence-corrected chi connectivity index (χ4v) is 7.70. The van der Waals surface area contributed by atoms with Gasteiger partial charge in [0.2, 0.25) is 5.78 Å². The Bertz CT molecular complexity index is 1130. The number of rotatable bonds is 1. The molecule has 2 saturated carbocycles. The SMILES string of the molecule is C=C1C[C@@H]2[C@](C)(C(=O)C(O)=C3C(C)(C)C(=O)CC[C@]32C)[C@H]2C(=O)O[C@](C)(C(=O)OC)C(=O)[C@]12C. The normalized spacial score (nSPS) is 43.6. The first-order valence-corrected chi connectivity index (χ1v) is 11.5. The maximum Gasteiger partial charge on any atom is 0.358 e. The molecule has 0 aromatic heterocycles. The van der Waals surface area contributed by atoms with Crippen molar-refractivity contribution in [2.45, 2.75) is 66.4 Å². The lowest BCUT2D eigenvalue weighted by atomic mass is 9.37.